The van der Waals surface area contributed by atoms with Gasteiger partial charge >= 0.3 is 5.69 Å². The number of halogens is 2. The van der Waals surface area contributed by atoms with Crippen molar-refractivity contribution >= 4 is 54.9 Å². The summed E-state index contributed by atoms with van der Waals surface area (Å²) in [6.07, 6.45) is 1.18. The van der Waals surface area contributed by atoms with Crippen molar-refractivity contribution in [2.45, 2.75) is 0 Å². The zero-order valence-corrected chi connectivity index (χ0v) is 13.0. The number of nitrogen functional groups attached to an aromatic ring is 1. The summed E-state index contributed by atoms with van der Waals surface area (Å²) in [5.74, 6) is 5.19. The summed E-state index contributed by atoms with van der Waals surface area (Å²) in [5, 5.41) is 14.0. The second-order valence-corrected chi connectivity index (χ2v) is 5.34. The molecule has 20 heavy (non-hydrogen) atoms. The Balaban J connectivity index is 2.45. The Morgan fingerprint density at radius 3 is 2.55 bits per heavy atom. The van der Waals surface area contributed by atoms with Gasteiger partial charge < -0.3 is 10.7 Å². The van der Waals surface area contributed by atoms with E-state index in [1.807, 2.05) is 0 Å². The standard InChI is InChI=1S/C10H8Br2N6O2/c11-5-1-2-7(6(12)3-5)16-9-8(18(19)20)10(17-13)15-4-14-9/h1-4H,13H2,(H2,14,15,16,17). The second-order valence-electron chi connectivity index (χ2n) is 3.57. The lowest BCUT2D eigenvalue weighted by atomic mass is 10.3. The van der Waals surface area contributed by atoms with Gasteiger partial charge in [0.1, 0.15) is 6.33 Å². The fourth-order valence-electron chi connectivity index (χ4n) is 1.47. The molecule has 0 aliphatic heterocycles. The van der Waals surface area contributed by atoms with E-state index in [2.05, 4.69) is 52.6 Å². The SMILES string of the molecule is NNc1ncnc(Nc2ccc(Br)cc2Br)c1[N+](=O)[O-]. The number of benzene rings is 1. The van der Waals surface area contributed by atoms with Crippen LogP contribution in [0.15, 0.2) is 33.5 Å². The second kappa shape index (κ2) is 6.11. The molecule has 0 saturated carbocycles. The molecule has 104 valence electrons. The molecule has 1 aromatic heterocycles. The quantitative estimate of drug-likeness (QED) is 0.407. The predicted molar refractivity (Wildman–Crippen MR) is 81.6 cm³/mol. The monoisotopic (exact) mass is 402 g/mol. The summed E-state index contributed by atoms with van der Waals surface area (Å²) in [4.78, 5) is 18.1. The number of hydrogen-bond donors (Lipinski definition) is 3. The molecule has 0 radical (unpaired) electrons. The molecule has 0 aliphatic rings. The van der Waals surface area contributed by atoms with Crippen LogP contribution in [0.2, 0.25) is 0 Å². The van der Waals surface area contributed by atoms with E-state index in [9.17, 15) is 10.1 Å². The zero-order valence-electron chi connectivity index (χ0n) is 9.80. The molecule has 0 saturated heterocycles. The average molecular weight is 404 g/mol. The molecular formula is C10H8Br2N6O2. The van der Waals surface area contributed by atoms with E-state index in [4.69, 9.17) is 5.84 Å². The van der Waals surface area contributed by atoms with Crippen molar-refractivity contribution in [3.05, 3.63) is 43.6 Å². The smallest absolute Gasteiger partial charge is 0.333 e. The fraction of sp³-hybridized carbons (Fsp3) is 0. The lowest BCUT2D eigenvalue weighted by Gasteiger charge is -2.09. The summed E-state index contributed by atoms with van der Waals surface area (Å²) in [5.41, 5.74) is 2.47. The first-order valence-corrected chi connectivity index (χ1v) is 6.79. The molecule has 0 fully saturated rings. The first-order valence-electron chi connectivity index (χ1n) is 5.21. The van der Waals surface area contributed by atoms with Crippen molar-refractivity contribution in [1.29, 1.82) is 0 Å². The van der Waals surface area contributed by atoms with Crippen LogP contribution in [-0.4, -0.2) is 14.9 Å². The molecule has 10 heteroatoms. The van der Waals surface area contributed by atoms with E-state index in [0.29, 0.717) is 5.69 Å². The van der Waals surface area contributed by atoms with Crippen molar-refractivity contribution in [1.82, 2.24) is 9.97 Å². The third kappa shape index (κ3) is 3.03. The number of hydrogen-bond acceptors (Lipinski definition) is 7. The van der Waals surface area contributed by atoms with Crippen molar-refractivity contribution < 1.29 is 4.92 Å². The number of hydrazine groups is 1. The molecule has 1 heterocycles. The summed E-state index contributed by atoms with van der Waals surface area (Å²) < 4.78 is 1.60. The molecule has 0 spiro atoms. The summed E-state index contributed by atoms with van der Waals surface area (Å²) in [7, 11) is 0. The molecule has 2 aromatic rings. The van der Waals surface area contributed by atoms with E-state index < -0.39 is 4.92 Å². The summed E-state index contributed by atoms with van der Waals surface area (Å²) in [6, 6.07) is 5.34. The molecule has 0 aliphatic carbocycles. The lowest BCUT2D eigenvalue weighted by molar-refractivity contribution is -0.383. The largest absolute Gasteiger partial charge is 0.354 e. The molecule has 1 aromatic carbocycles. The number of anilines is 3. The Hall–Kier alpha value is -1.78. The molecule has 2 rings (SSSR count). The highest BCUT2D eigenvalue weighted by Gasteiger charge is 2.22. The van der Waals surface area contributed by atoms with Gasteiger partial charge in [0.25, 0.3) is 0 Å². The topological polar surface area (TPSA) is 119 Å². The van der Waals surface area contributed by atoms with Crippen LogP contribution < -0.4 is 16.6 Å². The van der Waals surface area contributed by atoms with Crippen LogP contribution in [0.25, 0.3) is 0 Å². The third-order valence-corrected chi connectivity index (χ3v) is 3.48. The predicted octanol–water partition coefficient (Wildman–Crippen LogP) is 2.94. The number of nitrogens with one attached hydrogen (secondary N) is 2. The Bertz CT molecular complexity index is 666. The lowest BCUT2D eigenvalue weighted by Crippen LogP contribution is -2.12. The summed E-state index contributed by atoms with van der Waals surface area (Å²) in [6.45, 7) is 0. The number of rotatable bonds is 4. The van der Waals surface area contributed by atoms with Gasteiger partial charge in [0, 0.05) is 8.95 Å². The van der Waals surface area contributed by atoms with Gasteiger partial charge in [-0.15, -0.1) is 0 Å². The van der Waals surface area contributed by atoms with Crippen LogP contribution in [0.1, 0.15) is 0 Å². The number of nitrogens with zero attached hydrogens (tertiary/aromatic N) is 3. The maximum Gasteiger partial charge on any atom is 0.354 e. The Kier molecular flexibility index (Phi) is 4.47. The van der Waals surface area contributed by atoms with Crippen molar-refractivity contribution in [3.63, 3.8) is 0 Å². The van der Waals surface area contributed by atoms with Crippen LogP contribution in [0.5, 0.6) is 0 Å². The van der Waals surface area contributed by atoms with Crippen LogP contribution in [0.3, 0.4) is 0 Å². The van der Waals surface area contributed by atoms with E-state index >= 15 is 0 Å². The molecule has 0 unspecified atom stereocenters. The van der Waals surface area contributed by atoms with Crippen molar-refractivity contribution in [2.75, 3.05) is 10.7 Å². The van der Waals surface area contributed by atoms with E-state index in [0.717, 1.165) is 8.95 Å². The molecule has 0 bridgehead atoms. The van der Waals surface area contributed by atoms with Crippen LogP contribution in [0.4, 0.5) is 23.0 Å². The highest BCUT2D eigenvalue weighted by Crippen LogP contribution is 2.33. The maximum absolute atomic E-state index is 11.1. The minimum Gasteiger partial charge on any atom is -0.333 e. The van der Waals surface area contributed by atoms with Gasteiger partial charge in [-0.05, 0) is 34.1 Å². The minimum absolute atomic E-state index is 0.0426. The Labute approximate surface area is 130 Å². The van der Waals surface area contributed by atoms with Crippen LogP contribution in [-0.2, 0) is 0 Å². The highest BCUT2D eigenvalue weighted by molar-refractivity contribution is 9.11. The minimum atomic E-state index is -0.607. The molecule has 0 atom stereocenters. The van der Waals surface area contributed by atoms with Crippen LogP contribution in [0, 0.1) is 10.1 Å². The van der Waals surface area contributed by atoms with E-state index in [-0.39, 0.29) is 17.3 Å². The highest BCUT2D eigenvalue weighted by atomic mass is 79.9. The van der Waals surface area contributed by atoms with Gasteiger partial charge in [-0.2, -0.15) is 0 Å². The number of nitro groups is 1. The maximum atomic E-state index is 11.1. The number of nitrogens with two attached hydrogens (primary N) is 1. The van der Waals surface area contributed by atoms with Crippen molar-refractivity contribution in [3.8, 4) is 0 Å². The van der Waals surface area contributed by atoms with Gasteiger partial charge in [-0.25, -0.2) is 15.8 Å². The first-order chi connectivity index (χ1) is 9.52. The molecule has 8 nitrogen and oxygen atoms in total. The summed E-state index contributed by atoms with van der Waals surface area (Å²) >= 11 is 6.68. The third-order valence-electron chi connectivity index (χ3n) is 2.33. The van der Waals surface area contributed by atoms with E-state index in [1.54, 1.807) is 18.2 Å². The Morgan fingerprint density at radius 2 is 1.95 bits per heavy atom. The average Bonchev–Trinajstić information content (AvgIpc) is 2.41. The van der Waals surface area contributed by atoms with Gasteiger partial charge in [0.15, 0.2) is 0 Å². The van der Waals surface area contributed by atoms with Gasteiger partial charge in [0.05, 0.1) is 10.6 Å². The fourth-order valence-corrected chi connectivity index (χ4v) is 2.61. The molecule has 0 amide bonds. The zero-order chi connectivity index (χ0) is 14.7. The first kappa shape index (κ1) is 14.6. The van der Waals surface area contributed by atoms with Gasteiger partial charge in [0.2, 0.25) is 11.6 Å². The number of aromatic nitrogens is 2. The Morgan fingerprint density at radius 1 is 1.25 bits per heavy atom. The van der Waals surface area contributed by atoms with Crippen LogP contribution >= 0.6 is 31.9 Å². The van der Waals surface area contributed by atoms with Crippen molar-refractivity contribution in [2.24, 2.45) is 5.84 Å². The molecular weight excluding hydrogens is 396 g/mol. The normalized spacial score (nSPS) is 10.2. The molecule has 4 N–H and O–H groups in total. The van der Waals surface area contributed by atoms with Gasteiger partial charge in [-0.3, -0.25) is 10.1 Å². The van der Waals surface area contributed by atoms with E-state index in [1.165, 1.54) is 6.33 Å². The van der Waals surface area contributed by atoms with Gasteiger partial charge in [-0.1, -0.05) is 15.9 Å².